The zero-order chi connectivity index (χ0) is 8.53. The SMILES string of the molecule is CCC(C)CSC/C=C/CN. The van der Waals surface area contributed by atoms with Crippen molar-refractivity contribution in [3.05, 3.63) is 12.2 Å². The summed E-state index contributed by atoms with van der Waals surface area (Å²) in [5.74, 6) is 3.23. The van der Waals surface area contributed by atoms with Gasteiger partial charge in [-0.2, -0.15) is 11.8 Å². The number of nitrogens with two attached hydrogens (primary N) is 1. The van der Waals surface area contributed by atoms with Crippen molar-refractivity contribution < 1.29 is 0 Å². The van der Waals surface area contributed by atoms with E-state index in [1.807, 2.05) is 17.8 Å². The summed E-state index contributed by atoms with van der Waals surface area (Å²) in [6.07, 6.45) is 5.45. The molecule has 11 heavy (non-hydrogen) atoms. The molecular weight excluding hydrogens is 154 g/mol. The summed E-state index contributed by atoms with van der Waals surface area (Å²) < 4.78 is 0. The van der Waals surface area contributed by atoms with Crippen LogP contribution in [0.1, 0.15) is 20.3 Å². The summed E-state index contributed by atoms with van der Waals surface area (Å²) in [5, 5.41) is 0. The summed E-state index contributed by atoms with van der Waals surface area (Å²) in [7, 11) is 0. The van der Waals surface area contributed by atoms with Crippen molar-refractivity contribution in [2.45, 2.75) is 20.3 Å². The van der Waals surface area contributed by atoms with Gasteiger partial charge in [0.25, 0.3) is 0 Å². The second-order valence-electron chi connectivity index (χ2n) is 2.76. The van der Waals surface area contributed by atoms with E-state index in [-0.39, 0.29) is 0 Å². The van der Waals surface area contributed by atoms with Crippen LogP contribution in [0.2, 0.25) is 0 Å². The predicted octanol–water partition coefficient (Wildman–Crippen LogP) is 2.28. The minimum atomic E-state index is 0.671. The largest absolute Gasteiger partial charge is 0.327 e. The Morgan fingerprint density at radius 3 is 2.73 bits per heavy atom. The molecule has 0 saturated heterocycles. The molecule has 0 amide bonds. The van der Waals surface area contributed by atoms with Crippen molar-refractivity contribution in [3.63, 3.8) is 0 Å². The van der Waals surface area contributed by atoms with Gasteiger partial charge in [0.05, 0.1) is 0 Å². The van der Waals surface area contributed by atoms with Crippen LogP contribution >= 0.6 is 11.8 Å². The van der Waals surface area contributed by atoms with E-state index in [1.165, 1.54) is 12.2 Å². The minimum Gasteiger partial charge on any atom is -0.327 e. The van der Waals surface area contributed by atoms with Crippen LogP contribution in [0.25, 0.3) is 0 Å². The van der Waals surface area contributed by atoms with Gasteiger partial charge >= 0.3 is 0 Å². The fourth-order valence-corrected chi connectivity index (χ4v) is 1.67. The average Bonchev–Trinajstić information content (AvgIpc) is 2.04. The topological polar surface area (TPSA) is 26.0 Å². The van der Waals surface area contributed by atoms with E-state index in [0.29, 0.717) is 6.54 Å². The highest BCUT2D eigenvalue weighted by Crippen LogP contribution is 2.10. The quantitative estimate of drug-likeness (QED) is 0.492. The van der Waals surface area contributed by atoms with Crippen molar-refractivity contribution in [1.82, 2.24) is 0 Å². The molecule has 0 rings (SSSR count). The smallest absolute Gasteiger partial charge is 0.0113 e. The molecule has 1 unspecified atom stereocenters. The van der Waals surface area contributed by atoms with Gasteiger partial charge in [-0.25, -0.2) is 0 Å². The van der Waals surface area contributed by atoms with Crippen LogP contribution in [-0.4, -0.2) is 18.1 Å². The van der Waals surface area contributed by atoms with Crippen LogP contribution in [0.3, 0.4) is 0 Å². The number of hydrogen-bond donors (Lipinski definition) is 1. The number of hydrogen-bond acceptors (Lipinski definition) is 2. The van der Waals surface area contributed by atoms with Crippen molar-refractivity contribution >= 4 is 11.8 Å². The summed E-state index contributed by atoms with van der Waals surface area (Å²) in [6, 6.07) is 0. The van der Waals surface area contributed by atoms with Gasteiger partial charge in [0.1, 0.15) is 0 Å². The summed E-state index contributed by atoms with van der Waals surface area (Å²) in [6.45, 7) is 5.20. The molecule has 0 aromatic rings. The monoisotopic (exact) mass is 173 g/mol. The third kappa shape index (κ3) is 7.95. The normalized spacial score (nSPS) is 14.1. The molecule has 0 aliphatic heterocycles. The molecule has 2 N–H and O–H groups in total. The van der Waals surface area contributed by atoms with Crippen molar-refractivity contribution in [2.75, 3.05) is 18.1 Å². The van der Waals surface area contributed by atoms with Gasteiger partial charge < -0.3 is 5.73 Å². The van der Waals surface area contributed by atoms with Crippen LogP contribution in [0, 0.1) is 5.92 Å². The standard InChI is InChI=1S/C9H19NS/c1-3-9(2)8-11-7-5-4-6-10/h4-5,9H,3,6-8,10H2,1-2H3/b5-4+. The summed E-state index contributed by atoms with van der Waals surface area (Å²) >= 11 is 1.98. The van der Waals surface area contributed by atoms with E-state index in [4.69, 9.17) is 5.73 Å². The van der Waals surface area contributed by atoms with E-state index >= 15 is 0 Å². The molecule has 0 radical (unpaired) electrons. The second-order valence-corrected chi connectivity index (χ2v) is 3.83. The second kappa shape index (κ2) is 8.15. The van der Waals surface area contributed by atoms with Crippen LogP contribution in [-0.2, 0) is 0 Å². The van der Waals surface area contributed by atoms with E-state index in [1.54, 1.807) is 0 Å². The molecule has 0 aliphatic rings. The molecule has 66 valence electrons. The van der Waals surface area contributed by atoms with E-state index < -0.39 is 0 Å². The Hall–Kier alpha value is 0.0500. The van der Waals surface area contributed by atoms with Gasteiger partial charge in [-0.3, -0.25) is 0 Å². The van der Waals surface area contributed by atoms with Crippen LogP contribution < -0.4 is 5.73 Å². The molecule has 0 aliphatic carbocycles. The highest BCUT2D eigenvalue weighted by Gasteiger charge is 1.95. The lowest BCUT2D eigenvalue weighted by molar-refractivity contribution is 0.637. The van der Waals surface area contributed by atoms with Gasteiger partial charge in [-0.15, -0.1) is 0 Å². The van der Waals surface area contributed by atoms with Crippen LogP contribution in [0.4, 0.5) is 0 Å². The van der Waals surface area contributed by atoms with Gasteiger partial charge in [-0.05, 0) is 11.7 Å². The van der Waals surface area contributed by atoms with Crippen molar-refractivity contribution in [3.8, 4) is 0 Å². The number of rotatable bonds is 6. The molecule has 0 fully saturated rings. The van der Waals surface area contributed by atoms with Gasteiger partial charge in [0.15, 0.2) is 0 Å². The first-order valence-electron chi connectivity index (χ1n) is 4.24. The first-order chi connectivity index (χ1) is 5.31. The van der Waals surface area contributed by atoms with Crippen LogP contribution in [0.5, 0.6) is 0 Å². The Labute approximate surface area is 74.4 Å². The molecular formula is C9H19NS. The molecule has 0 aromatic heterocycles. The van der Waals surface area contributed by atoms with Crippen molar-refractivity contribution in [1.29, 1.82) is 0 Å². The lowest BCUT2D eigenvalue weighted by atomic mass is 10.2. The van der Waals surface area contributed by atoms with E-state index in [9.17, 15) is 0 Å². The summed E-state index contributed by atoms with van der Waals surface area (Å²) in [5.41, 5.74) is 5.30. The maximum absolute atomic E-state index is 5.30. The highest BCUT2D eigenvalue weighted by atomic mass is 32.2. The Balaban J connectivity index is 3.07. The van der Waals surface area contributed by atoms with Gasteiger partial charge in [-0.1, -0.05) is 32.4 Å². The fraction of sp³-hybridized carbons (Fsp3) is 0.778. The average molecular weight is 173 g/mol. The van der Waals surface area contributed by atoms with E-state index in [0.717, 1.165) is 11.7 Å². The lowest BCUT2D eigenvalue weighted by Gasteiger charge is -2.04. The molecule has 2 heteroatoms. The zero-order valence-electron chi connectivity index (χ0n) is 7.55. The Morgan fingerprint density at radius 1 is 1.45 bits per heavy atom. The van der Waals surface area contributed by atoms with Crippen LogP contribution in [0.15, 0.2) is 12.2 Å². The van der Waals surface area contributed by atoms with E-state index in [2.05, 4.69) is 19.9 Å². The molecule has 1 atom stereocenters. The molecule has 0 bridgehead atoms. The van der Waals surface area contributed by atoms with Crippen molar-refractivity contribution in [2.24, 2.45) is 11.7 Å². The minimum absolute atomic E-state index is 0.671. The first-order valence-corrected chi connectivity index (χ1v) is 5.39. The third-order valence-corrected chi connectivity index (χ3v) is 2.85. The maximum atomic E-state index is 5.30. The molecule has 0 heterocycles. The lowest BCUT2D eigenvalue weighted by Crippen LogP contribution is -1.96. The van der Waals surface area contributed by atoms with Gasteiger partial charge in [0.2, 0.25) is 0 Å². The Morgan fingerprint density at radius 2 is 2.18 bits per heavy atom. The molecule has 0 spiro atoms. The summed E-state index contributed by atoms with van der Waals surface area (Å²) in [4.78, 5) is 0. The predicted molar refractivity (Wildman–Crippen MR) is 55.0 cm³/mol. The Bertz CT molecular complexity index is 102. The Kier molecular flexibility index (Phi) is 8.19. The molecule has 0 aromatic carbocycles. The zero-order valence-corrected chi connectivity index (χ0v) is 8.36. The molecule has 1 nitrogen and oxygen atoms in total. The third-order valence-electron chi connectivity index (χ3n) is 1.62. The first kappa shape index (κ1) is 11.1. The highest BCUT2D eigenvalue weighted by molar-refractivity contribution is 7.99. The van der Waals surface area contributed by atoms with Gasteiger partial charge in [0, 0.05) is 12.3 Å². The fourth-order valence-electron chi connectivity index (χ4n) is 0.619. The molecule has 0 saturated carbocycles. The number of thioether (sulfide) groups is 1. The maximum Gasteiger partial charge on any atom is 0.0113 e.